The molecule has 27 heavy (non-hydrogen) atoms. The number of sulfone groups is 1. The number of ether oxygens (including phenoxy) is 1. The summed E-state index contributed by atoms with van der Waals surface area (Å²) < 4.78 is 43.0. The van der Waals surface area contributed by atoms with E-state index in [2.05, 4.69) is 15.9 Å². The zero-order chi connectivity index (χ0) is 19.3. The molecule has 1 aliphatic rings. The lowest BCUT2D eigenvalue weighted by molar-refractivity contribution is 0.258. The Labute approximate surface area is 160 Å². The highest BCUT2D eigenvalue weighted by molar-refractivity contribution is 7.91. The second-order valence-corrected chi connectivity index (χ2v) is 8.74. The molecule has 0 unspecified atom stereocenters. The van der Waals surface area contributed by atoms with Crippen LogP contribution in [-0.4, -0.2) is 58.9 Å². The van der Waals surface area contributed by atoms with Crippen molar-refractivity contribution in [3.05, 3.63) is 54.3 Å². The number of nitrogens with zero attached hydrogens (tertiary/aromatic N) is 2. The van der Waals surface area contributed by atoms with Crippen molar-refractivity contribution in [3.8, 4) is 5.75 Å². The van der Waals surface area contributed by atoms with Gasteiger partial charge in [0.05, 0.1) is 23.4 Å². The predicted octanol–water partition coefficient (Wildman–Crippen LogP) is 2.82. The Kier molecular flexibility index (Phi) is 6.34. The van der Waals surface area contributed by atoms with Gasteiger partial charge in [-0.1, -0.05) is 12.1 Å². The third-order valence-electron chi connectivity index (χ3n) is 4.86. The van der Waals surface area contributed by atoms with Crippen molar-refractivity contribution in [1.82, 2.24) is 4.90 Å². The predicted molar refractivity (Wildman–Crippen MR) is 105 cm³/mol. The molecule has 1 heterocycles. The summed E-state index contributed by atoms with van der Waals surface area (Å²) in [4.78, 5) is 4.77. The zero-order valence-corrected chi connectivity index (χ0v) is 16.3. The van der Waals surface area contributed by atoms with E-state index in [-0.39, 0.29) is 10.6 Å². The minimum absolute atomic E-state index is 0.0748. The number of halogens is 1. The Balaban J connectivity index is 1.48. The summed E-state index contributed by atoms with van der Waals surface area (Å²) in [5.41, 5.74) is 1.10. The highest BCUT2D eigenvalue weighted by atomic mass is 32.2. The fourth-order valence-corrected chi connectivity index (χ4v) is 4.64. The Bertz CT molecular complexity index is 848. The largest absolute Gasteiger partial charge is 0.495 e. The van der Waals surface area contributed by atoms with Gasteiger partial charge in [-0.2, -0.15) is 0 Å². The van der Waals surface area contributed by atoms with Crippen LogP contribution in [0.3, 0.4) is 0 Å². The molecule has 2 aromatic carbocycles. The van der Waals surface area contributed by atoms with Gasteiger partial charge >= 0.3 is 0 Å². The van der Waals surface area contributed by atoms with Crippen LogP contribution < -0.4 is 9.64 Å². The molecule has 0 aromatic heterocycles. The Morgan fingerprint density at radius 2 is 1.67 bits per heavy atom. The van der Waals surface area contributed by atoms with Gasteiger partial charge in [-0.3, -0.25) is 4.90 Å². The van der Waals surface area contributed by atoms with E-state index in [1.54, 1.807) is 7.11 Å². The van der Waals surface area contributed by atoms with Crippen LogP contribution in [0.15, 0.2) is 53.4 Å². The molecule has 2 aromatic rings. The lowest BCUT2D eigenvalue weighted by Crippen LogP contribution is -2.46. The van der Waals surface area contributed by atoms with E-state index in [1.165, 1.54) is 24.3 Å². The summed E-state index contributed by atoms with van der Waals surface area (Å²) in [6.45, 7) is 4.26. The number of piperazine rings is 1. The first-order valence-corrected chi connectivity index (χ1v) is 10.7. The van der Waals surface area contributed by atoms with Crippen molar-refractivity contribution in [2.45, 2.75) is 11.3 Å². The standard InChI is InChI=1S/C20H25FN2O3S/c1-26-20-6-3-2-5-19(20)23-14-12-22(13-15-23)11-4-16-27(24,25)18-9-7-17(21)8-10-18/h2-3,5-10H,4,11-16H2,1H3. The molecule has 0 aliphatic carbocycles. The minimum atomic E-state index is -3.36. The molecule has 0 amide bonds. The second kappa shape index (κ2) is 8.71. The molecule has 1 fully saturated rings. The summed E-state index contributed by atoms with van der Waals surface area (Å²) in [6, 6.07) is 13.0. The van der Waals surface area contributed by atoms with Crippen molar-refractivity contribution in [1.29, 1.82) is 0 Å². The number of para-hydroxylation sites is 2. The Morgan fingerprint density at radius 3 is 2.33 bits per heavy atom. The number of methoxy groups -OCH3 is 1. The first-order valence-electron chi connectivity index (χ1n) is 9.08. The SMILES string of the molecule is COc1ccccc1N1CCN(CCCS(=O)(=O)c2ccc(F)cc2)CC1. The highest BCUT2D eigenvalue weighted by Gasteiger charge is 2.20. The van der Waals surface area contributed by atoms with E-state index in [0.29, 0.717) is 6.42 Å². The lowest BCUT2D eigenvalue weighted by Gasteiger charge is -2.36. The fourth-order valence-electron chi connectivity index (χ4n) is 3.34. The van der Waals surface area contributed by atoms with E-state index < -0.39 is 15.7 Å². The third-order valence-corrected chi connectivity index (χ3v) is 6.67. The second-order valence-electron chi connectivity index (χ2n) is 6.63. The molecule has 0 radical (unpaired) electrons. The van der Waals surface area contributed by atoms with Gasteiger partial charge in [0.15, 0.2) is 9.84 Å². The normalized spacial score (nSPS) is 15.7. The van der Waals surface area contributed by atoms with Crippen molar-refractivity contribution < 1.29 is 17.5 Å². The molecule has 0 atom stereocenters. The van der Waals surface area contributed by atoms with Crippen LogP contribution in [0, 0.1) is 5.82 Å². The number of hydrogen-bond donors (Lipinski definition) is 0. The average Bonchev–Trinajstić information content (AvgIpc) is 2.69. The summed E-state index contributed by atoms with van der Waals surface area (Å²) in [6.07, 6.45) is 0.564. The number of benzene rings is 2. The summed E-state index contributed by atoms with van der Waals surface area (Å²) in [5, 5.41) is 0. The van der Waals surface area contributed by atoms with Gasteiger partial charge in [0.25, 0.3) is 0 Å². The van der Waals surface area contributed by atoms with Gasteiger partial charge in [-0.05, 0) is 49.4 Å². The van der Waals surface area contributed by atoms with E-state index in [1.807, 2.05) is 18.2 Å². The molecule has 0 N–H and O–H groups in total. The van der Waals surface area contributed by atoms with Gasteiger partial charge in [-0.25, -0.2) is 12.8 Å². The van der Waals surface area contributed by atoms with Gasteiger partial charge in [0.1, 0.15) is 11.6 Å². The van der Waals surface area contributed by atoms with Gasteiger partial charge < -0.3 is 9.64 Å². The maximum Gasteiger partial charge on any atom is 0.178 e. The minimum Gasteiger partial charge on any atom is -0.495 e. The summed E-state index contributed by atoms with van der Waals surface area (Å²) >= 11 is 0. The summed E-state index contributed by atoms with van der Waals surface area (Å²) in [7, 11) is -1.68. The monoisotopic (exact) mass is 392 g/mol. The van der Waals surface area contributed by atoms with Gasteiger partial charge in [0.2, 0.25) is 0 Å². The van der Waals surface area contributed by atoms with E-state index in [9.17, 15) is 12.8 Å². The summed E-state index contributed by atoms with van der Waals surface area (Å²) in [5.74, 6) is 0.518. The highest BCUT2D eigenvalue weighted by Crippen LogP contribution is 2.28. The van der Waals surface area contributed by atoms with Crippen molar-refractivity contribution in [2.24, 2.45) is 0 Å². The molecular formula is C20H25FN2O3S. The van der Waals surface area contributed by atoms with Crippen LogP contribution in [0.1, 0.15) is 6.42 Å². The number of hydrogen-bond acceptors (Lipinski definition) is 5. The first-order chi connectivity index (χ1) is 13.0. The zero-order valence-electron chi connectivity index (χ0n) is 15.5. The number of anilines is 1. The molecule has 7 heteroatoms. The van der Waals surface area contributed by atoms with Crippen molar-refractivity contribution in [2.75, 3.05) is 50.5 Å². The van der Waals surface area contributed by atoms with E-state index in [0.717, 1.165) is 44.2 Å². The van der Waals surface area contributed by atoms with Gasteiger partial charge in [-0.15, -0.1) is 0 Å². The van der Waals surface area contributed by atoms with Crippen LogP contribution in [0.4, 0.5) is 10.1 Å². The Hall–Kier alpha value is -2.12. The first kappa shape index (κ1) is 19.6. The molecule has 0 spiro atoms. The average molecular weight is 392 g/mol. The van der Waals surface area contributed by atoms with Crippen LogP contribution >= 0.6 is 0 Å². The molecule has 5 nitrogen and oxygen atoms in total. The van der Waals surface area contributed by atoms with Crippen LogP contribution in [0.25, 0.3) is 0 Å². The molecule has 0 bridgehead atoms. The maximum absolute atomic E-state index is 13.0. The molecule has 1 saturated heterocycles. The maximum atomic E-state index is 13.0. The van der Waals surface area contributed by atoms with Crippen LogP contribution in [-0.2, 0) is 9.84 Å². The van der Waals surface area contributed by atoms with E-state index >= 15 is 0 Å². The van der Waals surface area contributed by atoms with Crippen molar-refractivity contribution >= 4 is 15.5 Å². The molecule has 3 rings (SSSR count). The molecule has 0 saturated carbocycles. The van der Waals surface area contributed by atoms with Crippen LogP contribution in [0.2, 0.25) is 0 Å². The van der Waals surface area contributed by atoms with Crippen LogP contribution in [0.5, 0.6) is 5.75 Å². The topological polar surface area (TPSA) is 49.9 Å². The smallest absolute Gasteiger partial charge is 0.178 e. The molecular weight excluding hydrogens is 367 g/mol. The quantitative estimate of drug-likeness (QED) is 0.678. The van der Waals surface area contributed by atoms with E-state index in [4.69, 9.17) is 4.74 Å². The fraction of sp³-hybridized carbons (Fsp3) is 0.400. The lowest BCUT2D eigenvalue weighted by atomic mass is 10.2. The van der Waals surface area contributed by atoms with Crippen molar-refractivity contribution in [3.63, 3.8) is 0 Å². The third kappa shape index (κ3) is 4.99. The Morgan fingerprint density at radius 1 is 1.00 bits per heavy atom. The molecule has 146 valence electrons. The van der Waals surface area contributed by atoms with Gasteiger partial charge in [0, 0.05) is 26.2 Å². The molecule has 1 aliphatic heterocycles. The number of rotatable bonds is 7.